The molecule has 0 unspecified atom stereocenters. The SMILES string of the molecule is FSn1ccc2cc(Br)ccc21. The second-order valence-corrected chi connectivity index (χ2v) is 3.86. The Labute approximate surface area is 82.1 Å². The van der Waals surface area contributed by atoms with Gasteiger partial charge in [-0.15, -0.1) is 3.89 Å². The number of nitrogens with zero attached hydrogens (tertiary/aromatic N) is 1. The smallest absolute Gasteiger partial charge is 0.169 e. The first-order valence-corrected chi connectivity index (χ1v) is 4.83. The summed E-state index contributed by atoms with van der Waals surface area (Å²) in [7, 11) is 0. The Bertz CT molecular complexity index is 412. The van der Waals surface area contributed by atoms with Crippen LogP contribution in [0, 0.1) is 0 Å². The molecule has 0 atom stereocenters. The number of fused-ring (bicyclic) bond motifs is 1. The zero-order valence-electron chi connectivity index (χ0n) is 6.00. The van der Waals surface area contributed by atoms with Crippen molar-refractivity contribution in [1.82, 2.24) is 3.97 Å². The molecule has 0 spiro atoms. The summed E-state index contributed by atoms with van der Waals surface area (Å²) in [5, 5.41) is 1.04. The minimum atomic E-state index is 0.212. The molecule has 62 valence electrons. The van der Waals surface area contributed by atoms with E-state index in [4.69, 9.17) is 0 Å². The summed E-state index contributed by atoms with van der Waals surface area (Å²) in [6.07, 6.45) is 1.71. The molecule has 0 bridgehead atoms. The van der Waals surface area contributed by atoms with Gasteiger partial charge in [0, 0.05) is 16.1 Å². The van der Waals surface area contributed by atoms with Crippen LogP contribution in [0.2, 0.25) is 0 Å². The average Bonchev–Trinajstić information content (AvgIpc) is 2.46. The number of hydrogen-bond donors (Lipinski definition) is 0. The van der Waals surface area contributed by atoms with Crippen molar-refractivity contribution in [2.75, 3.05) is 0 Å². The first-order chi connectivity index (χ1) is 5.81. The molecule has 1 aromatic carbocycles. The Morgan fingerprint density at radius 3 is 2.92 bits per heavy atom. The van der Waals surface area contributed by atoms with E-state index in [-0.39, 0.29) is 12.3 Å². The number of rotatable bonds is 1. The third kappa shape index (κ3) is 1.25. The number of aromatic nitrogens is 1. The fourth-order valence-electron chi connectivity index (χ4n) is 1.15. The maximum atomic E-state index is 12.3. The van der Waals surface area contributed by atoms with E-state index < -0.39 is 0 Å². The lowest BCUT2D eigenvalue weighted by Crippen LogP contribution is -1.77. The molecular formula is C8H5BrFNS. The van der Waals surface area contributed by atoms with Gasteiger partial charge in [-0.3, -0.25) is 3.97 Å². The molecule has 2 rings (SSSR count). The van der Waals surface area contributed by atoms with Gasteiger partial charge < -0.3 is 0 Å². The molecule has 1 heterocycles. The molecule has 1 aromatic heterocycles. The van der Waals surface area contributed by atoms with E-state index in [0.29, 0.717) is 0 Å². The van der Waals surface area contributed by atoms with Gasteiger partial charge in [-0.2, -0.15) is 0 Å². The fourth-order valence-corrected chi connectivity index (χ4v) is 1.87. The lowest BCUT2D eigenvalue weighted by atomic mass is 10.3. The van der Waals surface area contributed by atoms with Gasteiger partial charge in [0.25, 0.3) is 0 Å². The highest BCUT2D eigenvalue weighted by Gasteiger charge is 2.00. The molecular weight excluding hydrogens is 241 g/mol. The Morgan fingerprint density at radius 2 is 2.17 bits per heavy atom. The van der Waals surface area contributed by atoms with Crippen molar-refractivity contribution in [3.05, 3.63) is 34.9 Å². The van der Waals surface area contributed by atoms with Crippen LogP contribution in [0.5, 0.6) is 0 Å². The minimum Gasteiger partial charge on any atom is -0.264 e. The van der Waals surface area contributed by atoms with Crippen LogP contribution in [-0.2, 0) is 0 Å². The molecule has 0 aliphatic carbocycles. The summed E-state index contributed by atoms with van der Waals surface area (Å²) in [4.78, 5) is 0. The van der Waals surface area contributed by atoms with E-state index >= 15 is 0 Å². The molecule has 0 aliphatic heterocycles. The van der Waals surface area contributed by atoms with E-state index in [1.807, 2.05) is 24.3 Å². The molecule has 0 saturated carbocycles. The van der Waals surface area contributed by atoms with Gasteiger partial charge in [-0.25, -0.2) is 0 Å². The molecule has 0 radical (unpaired) electrons. The average molecular weight is 246 g/mol. The molecule has 0 aliphatic rings. The summed E-state index contributed by atoms with van der Waals surface area (Å²) < 4.78 is 14.8. The van der Waals surface area contributed by atoms with E-state index in [9.17, 15) is 3.89 Å². The van der Waals surface area contributed by atoms with Crippen LogP contribution in [0.15, 0.2) is 34.9 Å². The van der Waals surface area contributed by atoms with Crippen LogP contribution in [0.3, 0.4) is 0 Å². The lowest BCUT2D eigenvalue weighted by molar-refractivity contribution is 0.921. The van der Waals surface area contributed by atoms with Crippen molar-refractivity contribution in [3.8, 4) is 0 Å². The van der Waals surface area contributed by atoms with Crippen molar-refractivity contribution in [3.63, 3.8) is 0 Å². The maximum Gasteiger partial charge on any atom is 0.169 e. The molecule has 0 amide bonds. The van der Waals surface area contributed by atoms with Gasteiger partial charge in [0.15, 0.2) is 12.3 Å². The van der Waals surface area contributed by atoms with Gasteiger partial charge in [-0.05, 0) is 24.3 Å². The third-order valence-corrected chi connectivity index (χ3v) is 2.65. The molecule has 2 aromatic rings. The summed E-state index contributed by atoms with van der Waals surface area (Å²) in [6, 6.07) is 7.62. The van der Waals surface area contributed by atoms with Crippen LogP contribution < -0.4 is 0 Å². The standard InChI is InChI=1S/C8H5BrFNS/c9-7-1-2-8-6(5-7)3-4-11(8)12-10/h1-5H. The zero-order chi connectivity index (χ0) is 8.55. The second-order valence-electron chi connectivity index (χ2n) is 2.41. The molecule has 0 fully saturated rings. The summed E-state index contributed by atoms with van der Waals surface area (Å²) in [5.41, 5.74) is 0.894. The predicted molar refractivity (Wildman–Crippen MR) is 53.7 cm³/mol. The van der Waals surface area contributed by atoms with Gasteiger partial charge >= 0.3 is 0 Å². The Morgan fingerprint density at radius 1 is 1.33 bits per heavy atom. The van der Waals surface area contributed by atoms with Crippen molar-refractivity contribution in [2.45, 2.75) is 0 Å². The fraction of sp³-hybridized carbons (Fsp3) is 0. The topological polar surface area (TPSA) is 4.93 Å². The van der Waals surface area contributed by atoms with E-state index in [1.54, 1.807) is 6.20 Å². The molecule has 0 saturated heterocycles. The van der Waals surface area contributed by atoms with Crippen LogP contribution in [0.1, 0.15) is 0 Å². The maximum absolute atomic E-state index is 12.3. The van der Waals surface area contributed by atoms with Crippen molar-refractivity contribution >= 4 is 39.2 Å². The van der Waals surface area contributed by atoms with E-state index in [1.165, 1.54) is 3.97 Å². The summed E-state index contributed by atoms with van der Waals surface area (Å²) >= 11 is 3.57. The monoisotopic (exact) mass is 245 g/mol. The lowest BCUT2D eigenvalue weighted by Gasteiger charge is -1.95. The molecule has 4 heteroatoms. The van der Waals surface area contributed by atoms with Gasteiger partial charge in [0.05, 0.1) is 5.52 Å². The van der Waals surface area contributed by atoms with Gasteiger partial charge in [0.2, 0.25) is 0 Å². The van der Waals surface area contributed by atoms with E-state index in [2.05, 4.69) is 15.9 Å². The Hall–Kier alpha value is -0.480. The summed E-state index contributed by atoms with van der Waals surface area (Å²) in [6.45, 7) is 0. The molecule has 0 N–H and O–H groups in total. The van der Waals surface area contributed by atoms with Crippen LogP contribution >= 0.6 is 28.3 Å². The number of halogens is 2. The number of benzene rings is 1. The third-order valence-electron chi connectivity index (χ3n) is 1.69. The number of hydrogen-bond acceptors (Lipinski definition) is 1. The van der Waals surface area contributed by atoms with Crippen molar-refractivity contribution in [1.29, 1.82) is 0 Å². The summed E-state index contributed by atoms with van der Waals surface area (Å²) in [5.74, 6) is 0. The first kappa shape index (κ1) is 8.13. The van der Waals surface area contributed by atoms with Crippen LogP contribution in [-0.4, -0.2) is 3.97 Å². The Balaban J connectivity index is 2.73. The second kappa shape index (κ2) is 3.11. The highest BCUT2D eigenvalue weighted by atomic mass is 79.9. The highest BCUT2D eigenvalue weighted by molar-refractivity contribution is 9.10. The van der Waals surface area contributed by atoms with Crippen molar-refractivity contribution in [2.24, 2.45) is 0 Å². The van der Waals surface area contributed by atoms with E-state index in [0.717, 1.165) is 15.4 Å². The quantitative estimate of drug-likeness (QED) is 0.741. The predicted octanol–water partition coefficient (Wildman–Crippen LogP) is 3.78. The Kier molecular flexibility index (Phi) is 2.11. The first-order valence-electron chi connectivity index (χ1n) is 3.37. The van der Waals surface area contributed by atoms with Gasteiger partial charge in [-0.1, -0.05) is 15.9 Å². The largest absolute Gasteiger partial charge is 0.264 e. The highest BCUT2D eigenvalue weighted by Crippen LogP contribution is 2.24. The van der Waals surface area contributed by atoms with Crippen molar-refractivity contribution < 1.29 is 3.89 Å². The molecule has 12 heavy (non-hydrogen) atoms. The van der Waals surface area contributed by atoms with Crippen LogP contribution in [0.25, 0.3) is 10.9 Å². The zero-order valence-corrected chi connectivity index (χ0v) is 8.40. The molecule has 1 nitrogen and oxygen atoms in total. The minimum absolute atomic E-state index is 0.212. The normalized spacial score (nSPS) is 10.8. The van der Waals surface area contributed by atoms with Gasteiger partial charge in [0.1, 0.15) is 0 Å². The van der Waals surface area contributed by atoms with Crippen LogP contribution in [0.4, 0.5) is 3.89 Å².